The van der Waals surface area contributed by atoms with Gasteiger partial charge in [-0.2, -0.15) is 0 Å². The Kier molecular flexibility index (Phi) is 5.13. The summed E-state index contributed by atoms with van der Waals surface area (Å²) < 4.78 is 0. The third-order valence-corrected chi connectivity index (χ3v) is 5.60. The fourth-order valence-corrected chi connectivity index (χ4v) is 3.66. The van der Waals surface area contributed by atoms with Crippen molar-refractivity contribution >= 4 is 29.2 Å². The van der Waals surface area contributed by atoms with Gasteiger partial charge in [0.15, 0.2) is 0 Å². The molecule has 0 spiro atoms. The normalized spacial score (nSPS) is 18.8. The van der Waals surface area contributed by atoms with E-state index in [-0.39, 0.29) is 24.0 Å². The Balaban J connectivity index is 1.55. The number of nitrogens with zero attached hydrogens (tertiary/aromatic N) is 2. The summed E-state index contributed by atoms with van der Waals surface area (Å²) in [6.45, 7) is 3.80. The van der Waals surface area contributed by atoms with Crippen LogP contribution in [0, 0.1) is 5.41 Å². The Hall–Kier alpha value is -1.88. The van der Waals surface area contributed by atoms with Crippen LogP contribution in [0.15, 0.2) is 24.3 Å². The number of hydrogen-bond donors (Lipinski definition) is 0. The molecule has 0 bridgehead atoms. The summed E-state index contributed by atoms with van der Waals surface area (Å²) in [4.78, 5) is 40.7. The molecule has 5 nitrogen and oxygen atoms in total. The topological polar surface area (TPSA) is 57.7 Å². The summed E-state index contributed by atoms with van der Waals surface area (Å²) in [7, 11) is 0. The summed E-state index contributed by atoms with van der Waals surface area (Å²) in [6.07, 6.45) is 2.02. The maximum Gasteiger partial charge on any atom is 0.236 e. The van der Waals surface area contributed by atoms with E-state index in [1.165, 1.54) is 0 Å². The van der Waals surface area contributed by atoms with Gasteiger partial charge in [-0.25, -0.2) is 0 Å². The van der Waals surface area contributed by atoms with Crippen molar-refractivity contribution in [3.63, 3.8) is 0 Å². The third kappa shape index (κ3) is 3.56. The fraction of sp³-hybridized carbons (Fsp3) is 0.526. The number of halogens is 1. The maximum absolute atomic E-state index is 12.7. The number of Topliss-reactive ketones (excluding diaryl/α,β-unsaturated/α-hetero) is 1. The van der Waals surface area contributed by atoms with Crippen molar-refractivity contribution in [2.75, 3.05) is 26.2 Å². The van der Waals surface area contributed by atoms with Crippen LogP contribution in [-0.4, -0.2) is 53.6 Å². The molecular weight excluding hydrogens is 340 g/mol. The highest BCUT2D eigenvalue weighted by Gasteiger charge is 2.56. The Bertz CT molecular complexity index is 692. The molecule has 1 saturated carbocycles. The molecule has 1 aliphatic carbocycles. The molecule has 3 rings (SSSR count). The highest BCUT2D eigenvalue weighted by atomic mass is 35.5. The van der Waals surface area contributed by atoms with E-state index in [2.05, 4.69) is 0 Å². The van der Waals surface area contributed by atoms with Gasteiger partial charge < -0.3 is 9.80 Å². The van der Waals surface area contributed by atoms with Gasteiger partial charge in [0.2, 0.25) is 11.8 Å². The number of rotatable bonds is 5. The van der Waals surface area contributed by atoms with Gasteiger partial charge >= 0.3 is 0 Å². The zero-order chi connectivity index (χ0) is 18.0. The van der Waals surface area contributed by atoms with E-state index in [0.717, 1.165) is 5.56 Å². The van der Waals surface area contributed by atoms with Crippen LogP contribution in [0.1, 0.15) is 31.7 Å². The van der Waals surface area contributed by atoms with Crippen molar-refractivity contribution in [1.82, 2.24) is 9.80 Å². The number of hydrogen-bond acceptors (Lipinski definition) is 3. The van der Waals surface area contributed by atoms with Crippen molar-refractivity contribution in [3.05, 3.63) is 34.9 Å². The molecule has 2 amide bonds. The second-order valence-electron chi connectivity index (χ2n) is 6.80. The van der Waals surface area contributed by atoms with Crippen molar-refractivity contribution < 1.29 is 14.4 Å². The first-order valence-electron chi connectivity index (χ1n) is 8.82. The molecule has 0 aromatic heterocycles. The minimum absolute atomic E-state index is 0.0194. The Labute approximate surface area is 152 Å². The molecule has 6 heteroatoms. The number of ketones is 1. The zero-order valence-electron chi connectivity index (χ0n) is 14.5. The molecule has 1 aromatic rings. The van der Waals surface area contributed by atoms with Crippen LogP contribution in [0.25, 0.3) is 0 Å². The lowest BCUT2D eigenvalue weighted by Gasteiger charge is -2.36. The van der Waals surface area contributed by atoms with Crippen molar-refractivity contribution in [2.24, 2.45) is 5.41 Å². The first-order valence-corrected chi connectivity index (χ1v) is 9.19. The highest BCUT2D eigenvalue weighted by Crippen LogP contribution is 2.48. The summed E-state index contributed by atoms with van der Waals surface area (Å²) >= 11 is 6.12. The van der Waals surface area contributed by atoms with Crippen LogP contribution < -0.4 is 0 Å². The number of carbonyl (C=O) groups excluding carboxylic acids is 3. The van der Waals surface area contributed by atoms with Crippen LogP contribution in [0.3, 0.4) is 0 Å². The van der Waals surface area contributed by atoms with Crippen LogP contribution in [0.2, 0.25) is 5.02 Å². The molecule has 2 fully saturated rings. The van der Waals surface area contributed by atoms with E-state index >= 15 is 0 Å². The monoisotopic (exact) mass is 362 g/mol. The molecule has 0 atom stereocenters. The standard InChI is InChI=1S/C19H23ClN2O3/c1-2-16(23)19(7-8-19)18(25)22-11-9-21(10-12-22)17(24)13-14-5-3-4-6-15(14)20/h3-6H,2,7-13H2,1H3. The molecular formula is C19H23ClN2O3. The largest absolute Gasteiger partial charge is 0.339 e. The molecule has 0 unspecified atom stereocenters. The van der Waals surface area contributed by atoms with Gasteiger partial charge in [-0.3, -0.25) is 14.4 Å². The van der Waals surface area contributed by atoms with Gasteiger partial charge in [-0.05, 0) is 24.5 Å². The number of benzene rings is 1. The molecule has 134 valence electrons. The molecule has 0 radical (unpaired) electrons. The lowest BCUT2D eigenvalue weighted by atomic mass is 9.96. The molecule has 1 saturated heterocycles. The van der Waals surface area contributed by atoms with E-state index in [0.29, 0.717) is 50.5 Å². The Morgan fingerprint density at radius 2 is 1.64 bits per heavy atom. The van der Waals surface area contributed by atoms with E-state index in [1.807, 2.05) is 18.2 Å². The summed E-state index contributed by atoms with van der Waals surface area (Å²) in [5.74, 6) is 0.0262. The van der Waals surface area contributed by atoms with Crippen molar-refractivity contribution in [1.29, 1.82) is 0 Å². The average molecular weight is 363 g/mol. The second-order valence-corrected chi connectivity index (χ2v) is 7.21. The quantitative estimate of drug-likeness (QED) is 0.755. The lowest BCUT2D eigenvalue weighted by molar-refractivity contribution is -0.147. The third-order valence-electron chi connectivity index (χ3n) is 5.23. The smallest absolute Gasteiger partial charge is 0.236 e. The average Bonchev–Trinajstić information content (AvgIpc) is 3.44. The molecule has 2 aliphatic rings. The number of amides is 2. The van der Waals surface area contributed by atoms with Gasteiger partial charge in [0.25, 0.3) is 0 Å². The van der Waals surface area contributed by atoms with Crippen molar-refractivity contribution in [3.8, 4) is 0 Å². The SMILES string of the molecule is CCC(=O)C1(C(=O)N2CCN(C(=O)Cc3ccccc3Cl)CC2)CC1. The predicted octanol–water partition coefficient (Wildman–Crippen LogP) is 2.31. The molecule has 0 N–H and O–H groups in total. The van der Waals surface area contributed by atoms with Gasteiger partial charge in [-0.15, -0.1) is 0 Å². The minimum atomic E-state index is -0.751. The summed E-state index contributed by atoms with van der Waals surface area (Å²) in [5.41, 5.74) is 0.0662. The van der Waals surface area contributed by atoms with E-state index in [9.17, 15) is 14.4 Å². The number of piperazine rings is 1. The predicted molar refractivity (Wildman–Crippen MR) is 95.3 cm³/mol. The first-order chi connectivity index (χ1) is 12.0. The van der Waals surface area contributed by atoms with Crippen LogP contribution in [0.5, 0.6) is 0 Å². The lowest BCUT2D eigenvalue weighted by Crippen LogP contribution is -2.53. The molecule has 1 aliphatic heterocycles. The van der Waals surface area contributed by atoms with Crippen LogP contribution in [-0.2, 0) is 20.8 Å². The fourth-order valence-electron chi connectivity index (χ4n) is 3.45. The Morgan fingerprint density at radius 3 is 2.20 bits per heavy atom. The summed E-state index contributed by atoms with van der Waals surface area (Å²) in [5, 5.41) is 0.596. The second kappa shape index (κ2) is 7.16. The van der Waals surface area contributed by atoms with Gasteiger partial charge in [0.05, 0.1) is 6.42 Å². The van der Waals surface area contributed by atoms with Crippen LogP contribution in [0.4, 0.5) is 0 Å². The minimum Gasteiger partial charge on any atom is -0.339 e. The van der Waals surface area contributed by atoms with Gasteiger partial charge in [0.1, 0.15) is 11.2 Å². The molecule has 1 heterocycles. The van der Waals surface area contributed by atoms with Crippen molar-refractivity contribution in [2.45, 2.75) is 32.6 Å². The highest BCUT2D eigenvalue weighted by molar-refractivity contribution is 6.31. The zero-order valence-corrected chi connectivity index (χ0v) is 15.2. The number of carbonyl (C=O) groups is 3. The van der Waals surface area contributed by atoms with Gasteiger partial charge in [-0.1, -0.05) is 36.7 Å². The Morgan fingerprint density at radius 1 is 1.04 bits per heavy atom. The molecule has 1 aromatic carbocycles. The first kappa shape index (κ1) is 17.9. The van der Waals surface area contributed by atoms with E-state index in [1.54, 1.807) is 22.8 Å². The molecule has 25 heavy (non-hydrogen) atoms. The maximum atomic E-state index is 12.7. The van der Waals surface area contributed by atoms with E-state index < -0.39 is 5.41 Å². The van der Waals surface area contributed by atoms with Gasteiger partial charge in [0, 0.05) is 37.6 Å². The summed E-state index contributed by atoms with van der Waals surface area (Å²) in [6, 6.07) is 7.34. The van der Waals surface area contributed by atoms with E-state index in [4.69, 9.17) is 11.6 Å². The van der Waals surface area contributed by atoms with Crippen LogP contribution >= 0.6 is 11.6 Å².